The third-order valence-electron chi connectivity index (χ3n) is 3.83. The third kappa shape index (κ3) is 4.67. The molecule has 2 aromatic rings. The number of hydrogen-bond donors (Lipinski definition) is 0. The van der Waals surface area contributed by atoms with E-state index in [2.05, 4.69) is 0 Å². The van der Waals surface area contributed by atoms with Crippen molar-refractivity contribution < 1.29 is 28.5 Å². The fourth-order valence-corrected chi connectivity index (χ4v) is 2.58. The maximum atomic E-state index is 12.7. The maximum Gasteiger partial charge on any atom is 0.351 e. The van der Waals surface area contributed by atoms with Crippen molar-refractivity contribution in [1.82, 2.24) is 0 Å². The number of esters is 2. The molecule has 1 atom stereocenters. The maximum absolute atomic E-state index is 12.7. The second-order valence-electron chi connectivity index (χ2n) is 5.52. The van der Waals surface area contributed by atoms with E-state index in [9.17, 15) is 9.59 Å². The van der Waals surface area contributed by atoms with Crippen LogP contribution >= 0.6 is 0 Å². The minimum absolute atomic E-state index is 0.227. The molecule has 27 heavy (non-hydrogen) atoms. The molecule has 2 aromatic carbocycles. The van der Waals surface area contributed by atoms with Crippen molar-refractivity contribution >= 4 is 18.0 Å². The normalized spacial score (nSPS) is 11.7. The number of carbonyl (C=O) groups is 2. The van der Waals surface area contributed by atoms with Gasteiger partial charge in [-0.15, -0.1) is 0 Å². The lowest BCUT2D eigenvalue weighted by Gasteiger charge is -2.17. The van der Waals surface area contributed by atoms with E-state index in [1.54, 1.807) is 42.5 Å². The average Bonchev–Trinajstić information content (AvgIpc) is 2.71. The van der Waals surface area contributed by atoms with Gasteiger partial charge in [0, 0.05) is 11.1 Å². The lowest BCUT2D eigenvalue weighted by atomic mass is 10.1. The van der Waals surface area contributed by atoms with Crippen LogP contribution in [0.25, 0.3) is 6.08 Å². The van der Waals surface area contributed by atoms with Crippen LogP contribution < -0.4 is 9.47 Å². The van der Waals surface area contributed by atoms with Gasteiger partial charge < -0.3 is 18.9 Å². The van der Waals surface area contributed by atoms with Crippen molar-refractivity contribution in [2.24, 2.45) is 0 Å². The first-order valence-electron chi connectivity index (χ1n) is 8.28. The van der Waals surface area contributed by atoms with Crippen LogP contribution in [0, 0.1) is 0 Å². The minimum Gasteiger partial charge on any atom is -0.493 e. The fourth-order valence-electron chi connectivity index (χ4n) is 2.58. The van der Waals surface area contributed by atoms with Gasteiger partial charge in [-0.2, -0.15) is 0 Å². The largest absolute Gasteiger partial charge is 0.493 e. The van der Waals surface area contributed by atoms with Gasteiger partial charge >= 0.3 is 11.9 Å². The fraction of sp³-hybridized carbons (Fsp3) is 0.238. The summed E-state index contributed by atoms with van der Waals surface area (Å²) in [6.45, 7) is 1.85. The summed E-state index contributed by atoms with van der Waals surface area (Å²) < 4.78 is 20.9. The predicted molar refractivity (Wildman–Crippen MR) is 101 cm³/mol. The minimum atomic E-state index is -1.16. The summed E-state index contributed by atoms with van der Waals surface area (Å²) in [6.07, 6.45) is 2.43. The SMILES string of the molecule is C/C=C/c1cc(C(=O)OC(C(=O)OC)c2ccccc2)cc(OC)c1OC. The van der Waals surface area contributed by atoms with E-state index in [1.807, 2.05) is 13.0 Å². The van der Waals surface area contributed by atoms with E-state index < -0.39 is 18.0 Å². The molecule has 0 aliphatic heterocycles. The van der Waals surface area contributed by atoms with Gasteiger partial charge in [0.2, 0.25) is 6.10 Å². The molecule has 0 bridgehead atoms. The topological polar surface area (TPSA) is 71.1 Å². The molecule has 6 heteroatoms. The van der Waals surface area contributed by atoms with Crippen LogP contribution in [0.2, 0.25) is 0 Å². The molecule has 0 heterocycles. The third-order valence-corrected chi connectivity index (χ3v) is 3.83. The molecule has 0 saturated heterocycles. The number of allylic oxidation sites excluding steroid dienone is 1. The first-order chi connectivity index (χ1) is 13.0. The molecule has 0 radical (unpaired) electrons. The van der Waals surface area contributed by atoms with Gasteiger partial charge in [-0.1, -0.05) is 42.5 Å². The Kier molecular flexibility index (Phi) is 7.00. The first kappa shape index (κ1) is 20.0. The molecule has 0 aliphatic rings. The lowest BCUT2D eigenvalue weighted by Crippen LogP contribution is -2.21. The quantitative estimate of drug-likeness (QED) is 0.690. The smallest absolute Gasteiger partial charge is 0.351 e. The molecule has 0 aromatic heterocycles. The number of benzene rings is 2. The Morgan fingerprint density at radius 3 is 2.26 bits per heavy atom. The Morgan fingerprint density at radius 1 is 1.00 bits per heavy atom. The van der Waals surface area contributed by atoms with Crippen LogP contribution in [0.5, 0.6) is 11.5 Å². The van der Waals surface area contributed by atoms with E-state index in [0.717, 1.165) is 0 Å². The standard InChI is InChI=1S/C21H22O6/c1-5-9-15-12-16(13-17(24-2)18(15)25-3)20(22)27-19(21(23)26-4)14-10-7-6-8-11-14/h5-13,19H,1-4H3/b9-5+. The molecular formula is C21H22O6. The van der Waals surface area contributed by atoms with Crippen molar-refractivity contribution in [1.29, 1.82) is 0 Å². The lowest BCUT2D eigenvalue weighted by molar-refractivity contribution is -0.151. The monoisotopic (exact) mass is 370 g/mol. The summed E-state index contributed by atoms with van der Waals surface area (Å²) in [6, 6.07) is 11.8. The van der Waals surface area contributed by atoms with Crippen LogP contribution in [0.15, 0.2) is 48.5 Å². The van der Waals surface area contributed by atoms with Gasteiger partial charge in [0.15, 0.2) is 11.5 Å². The number of ether oxygens (including phenoxy) is 4. The highest BCUT2D eigenvalue weighted by Crippen LogP contribution is 2.34. The molecule has 0 saturated carbocycles. The number of hydrogen-bond acceptors (Lipinski definition) is 6. The number of methoxy groups -OCH3 is 3. The van der Waals surface area contributed by atoms with E-state index in [-0.39, 0.29) is 5.56 Å². The highest BCUT2D eigenvalue weighted by atomic mass is 16.6. The molecule has 0 spiro atoms. The van der Waals surface area contributed by atoms with E-state index in [1.165, 1.54) is 27.4 Å². The molecule has 0 amide bonds. The summed E-state index contributed by atoms with van der Waals surface area (Å²) in [5.74, 6) is -0.459. The van der Waals surface area contributed by atoms with Crippen molar-refractivity contribution in [3.63, 3.8) is 0 Å². The van der Waals surface area contributed by atoms with E-state index >= 15 is 0 Å². The summed E-state index contributed by atoms with van der Waals surface area (Å²) in [5.41, 5.74) is 1.40. The summed E-state index contributed by atoms with van der Waals surface area (Å²) in [5, 5.41) is 0. The summed E-state index contributed by atoms with van der Waals surface area (Å²) in [4.78, 5) is 24.8. The zero-order valence-electron chi connectivity index (χ0n) is 15.7. The van der Waals surface area contributed by atoms with Gasteiger partial charge in [0.05, 0.1) is 26.9 Å². The van der Waals surface area contributed by atoms with E-state index in [4.69, 9.17) is 18.9 Å². The molecule has 0 N–H and O–H groups in total. The van der Waals surface area contributed by atoms with Gasteiger partial charge in [-0.3, -0.25) is 0 Å². The van der Waals surface area contributed by atoms with Crippen LogP contribution in [-0.2, 0) is 14.3 Å². The summed E-state index contributed by atoms with van der Waals surface area (Å²) in [7, 11) is 4.24. The molecule has 2 rings (SSSR count). The van der Waals surface area contributed by atoms with Crippen LogP contribution in [-0.4, -0.2) is 33.3 Å². The van der Waals surface area contributed by atoms with Crippen molar-refractivity contribution in [3.05, 3.63) is 65.2 Å². The number of carbonyl (C=O) groups excluding carboxylic acids is 2. The van der Waals surface area contributed by atoms with E-state index in [0.29, 0.717) is 22.6 Å². The second kappa shape index (κ2) is 9.43. The van der Waals surface area contributed by atoms with Gasteiger partial charge in [0.25, 0.3) is 0 Å². The zero-order chi connectivity index (χ0) is 19.8. The Hall–Kier alpha value is -3.28. The van der Waals surface area contributed by atoms with Gasteiger partial charge in [-0.05, 0) is 19.1 Å². The van der Waals surface area contributed by atoms with Crippen molar-refractivity contribution in [2.75, 3.05) is 21.3 Å². The highest BCUT2D eigenvalue weighted by Gasteiger charge is 2.27. The van der Waals surface area contributed by atoms with Crippen LogP contribution in [0.4, 0.5) is 0 Å². The second-order valence-corrected chi connectivity index (χ2v) is 5.52. The van der Waals surface area contributed by atoms with Crippen molar-refractivity contribution in [3.8, 4) is 11.5 Å². The molecule has 0 fully saturated rings. The predicted octanol–water partition coefficient (Wildman–Crippen LogP) is 3.81. The Bertz CT molecular complexity index is 826. The van der Waals surface area contributed by atoms with Crippen LogP contribution in [0.1, 0.15) is 34.5 Å². The molecule has 142 valence electrons. The average molecular weight is 370 g/mol. The highest BCUT2D eigenvalue weighted by molar-refractivity contribution is 5.93. The molecule has 0 aliphatic carbocycles. The molecule has 6 nitrogen and oxygen atoms in total. The zero-order valence-corrected chi connectivity index (χ0v) is 15.7. The Labute approximate surface area is 158 Å². The summed E-state index contributed by atoms with van der Waals surface area (Å²) >= 11 is 0. The molecular weight excluding hydrogens is 348 g/mol. The van der Waals surface area contributed by atoms with Crippen molar-refractivity contribution in [2.45, 2.75) is 13.0 Å². The Morgan fingerprint density at radius 2 is 1.70 bits per heavy atom. The Balaban J connectivity index is 2.40. The van der Waals surface area contributed by atoms with Gasteiger partial charge in [-0.25, -0.2) is 9.59 Å². The van der Waals surface area contributed by atoms with Gasteiger partial charge in [0.1, 0.15) is 0 Å². The molecule has 1 unspecified atom stereocenters. The van der Waals surface area contributed by atoms with Crippen LogP contribution in [0.3, 0.4) is 0 Å². The number of rotatable bonds is 7. The first-order valence-corrected chi connectivity index (χ1v) is 8.28.